The Morgan fingerprint density at radius 1 is 1.09 bits per heavy atom. The highest BCUT2D eigenvalue weighted by Crippen LogP contribution is 2.27. The number of anilines is 2. The first-order valence-electron chi connectivity index (χ1n) is 6.20. The SMILES string of the molecule is CC(=O)Nc1ccc(Cl)cc1NC(=O)c1cc(Br)ccc1I. The van der Waals surface area contributed by atoms with Crippen molar-refractivity contribution in [3.8, 4) is 0 Å². The second-order valence-electron chi connectivity index (χ2n) is 4.45. The third-order valence-electron chi connectivity index (χ3n) is 2.71. The predicted molar refractivity (Wildman–Crippen MR) is 101 cm³/mol. The summed E-state index contributed by atoms with van der Waals surface area (Å²) in [5, 5.41) is 5.90. The van der Waals surface area contributed by atoms with Crippen molar-refractivity contribution >= 4 is 73.3 Å². The summed E-state index contributed by atoms with van der Waals surface area (Å²) < 4.78 is 1.63. The fourth-order valence-electron chi connectivity index (χ4n) is 1.78. The van der Waals surface area contributed by atoms with E-state index in [2.05, 4.69) is 49.2 Å². The van der Waals surface area contributed by atoms with E-state index in [-0.39, 0.29) is 11.8 Å². The zero-order valence-corrected chi connectivity index (χ0v) is 15.9. The minimum absolute atomic E-state index is 0.227. The lowest BCUT2D eigenvalue weighted by Gasteiger charge is -2.13. The van der Waals surface area contributed by atoms with Crippen LogP contribution in [0.15, 0.2) is 40.9 Å². The molecule has 2 aromatic carbocycles. The molecule has 2 N–H and O–H groups in total. The lowest BCUT2D eigenvalue weighted by atomic mass is 10.2. The molecule has 2 rings (SSSR count). The zero-order chi connectivity index (χ0) is 16.3. The molecule has 0 aliphatic carbocycles. The number of amides is 2. The van der Waals surface area contributed by atoms with Crippen LogP contribution in [0.1, 0.15) is 17.3 Å². The molecule has 0 unspecified atom stereocenters. The van der Waals surface area contributed by atoms with Gasteiger partial charge in [0.1, 0.15) is 0 Å². The molecule has 0 aromatic heterocycles. The maximum Gasteiger partial charge on any atom is 0.256 e. The standard InChI is InChI=1S/C15H11BrClIN2O2/c1-8(21)19-13-5-3-10(17)7-14(13)20-15(22)11-6-9(16)2-4-12(11)18/h2-7H,1H3,(H,19,21)(H,20,22). The maximum absolute atomic E-state index is 12.4. The van der Waals surface area contributed by atoms with Gasteiger partial charge in [-0.05, 0) is 59.0 Å². The molecule has 0 spiro atoms. The van der Waals surface area contributed by atoms with Gasteiger partial charge in [-0.3, -0.25) is 9.59 Å². The Bertz CT molecular complexity index is 752. The average molecular weight is 494 g/mol. The third-order valence-corrected chi connectivity index (χ3v) is 4.38. The summed E-state index contributed by atoms with van der Waals surface area (Å²) in [4.78, 5) is 23.7. The van der Waals surface area contributed by atoms with Crippen LogP contribution in [0.25, 0.3) is 0 Å². The van der Waals surface area contributed by atoms with Crippen molar-refractivity contribution in [2.75, 3.05) is 10.6 Å². The van der Waals surface area contributed by atoms with Gasteiger partial charge in [0.25, 0.3) is 5.91 Å². The van der Waals surface area contributed by atoms with E-state index in [4.69, 9.17) is 11.6 Å². The minimum Gasteiger partial charge on any atom is -0.325 e. The lowest BCUT2D eigenvalue weighted by molar-refractivity contribution is -0.114. The first-order valence-corrected chi connectivity index (χ1v) is 8.45. The van der Waals surface area contributed by atoms with Crippen LogP contribution in [0.3, 0.4) is 0 Å². The summed E-state index contributed by atoms with van der Waals surface area (Å²) in [5.74, 6) is -0.505. The van der Waals surface area contributed by atoms with Crippen LogP contribution < -0.4 is 10.6 Å². The molecule has 0 bridgehead atoms. The molecule has 0 saturated heterocycles. The minimum atomic E-state index is -0.278. The quantitative estimate of drug-likeness (QED) is 0.597. The van der Waals surface area contributed by atoms with Crippen LogP contribution in [0.4, 0.5) is 11.4 Å². The predicted octanol–water partition coefficient (Wildman–Crippen LogP) is 4.92. The molecule has 0 saturated carbocycles. The Morgan fingerprint density at radius 3 is 2.50 bits per heavy atom. The van der Waals surface area contributed by atoms with Gasteiger partial charge in [0.05, 0.1) is 16.9 Å². The van der Waals surface area contributed by atoms with Gasteiger partial charge in [-0.2, -0.15) is 0 Å². The maximum atomic E-state index is 12.4. The van der Waals surface area contributed by atoms with E-state index in [9.17, 15) is 9.59 Å². The summed E-state index contributed by atoms with van der Waals surface area (Å²) in [7, 11) is 0. The molecule has 2 aromatic rings. The van der Waals surface area contributed by atoms with Crippen molar-refractivity contribution in [1.82, 2.24) is 0 Å². The smallest absolute Gasteiger partial charge is 0.256 e. The van der Waals surface area contributed by atoms with E-state index in [1.54, 1.807) is 24.3 Å². The second-order valence-corrected chi connectivity index (χ2v) is 6.96. The number of rotatable bonds is 3. The molecule has 2 amide bonds. The number of hydrogen-bond donors (Lipinski definition) is 2. The second kappa shape index (κ2) is 7.43. The van der Waals surface area contributed by atoms with Crippen LogP contribution in [0.2, 0.25) is 5.02 Å². The highest BCUT2D eigenvalue weighted by Gasteiger charge is 2.13. The Hall–Kier alpha value is -1.12. The first kappa shape index (κ1) is 17.2. The molecule has 0 fully saturated rings. The Morgan fingerprint density at radius 2 is 1.82 bits per heavy atom. The van der Waals surface area contributed by atoms with Crippen LogP contribution in [-0.4, -0.2) is 11.8 Å². The Labute approximate surface area is 154 Å². The first-order chi connectivity index (χ1) is 10.4. The number of carbonyl (C=O) groups excluding carboxylic acids is 2. The van der Waals surface area contributed by atoms with Crippen molar-refractivity contribution in [3.63, 3.8) is 0 Å². The average Bonchev–Trinajstić information content (AvgIpc) is 2.44. The molecular formula is C15H11BrClIN2O2. The molecular weight excluding hydrogens is 482 g/mol. The Balaban J connectivity index is 2.33. The van der Waals surface area contributed by atoms with Crippen LogP contribution >= 0.6 is 50.1 Å². The number of hydrogen-bond acceptors (Lipinski definition) is 2. The van der Waals surface area contributed by atoms with Crippen LogP contribution in [0, 0.1) is 3.57 Å². The highest BCUT2D eigenvalue weighted by atomic mass is 127. The molecule has 114 valence electrons. The number of carbonyl (C=O) groups is 2. The van der Waals surface area contributed by atoms with E-state index >= 15 is 0 Å². The monoisotopic (exact) mass is 492 g/mol. The molecule has 0 atom stereocenters. The van der Waals surface area contributed by atoms with E-state index in [0.29, 0.717) is 22.0 Å². The van der Waals surface area contributed by atoms with Crippen molar-refractivity contribution in [1.29, 1.82) is 0 Å². The van der Waals surface area contributed by atoms with Crippen LogP contribution in [-0.2, 0) is 4.79 Å². The van der Waals surface area contributed by atoms with E-state index in [1.165, 1.54) is 6.92 Å². The molecule has 0 heterocycles. The van der Waals surface area contributed by atoms with E-state index < -0.39 is 0 Å². The molecule has 7 heteroatoms. The molecule has 0 aliphatic rings. The summed E-state index contributed by atoms with van der Waals surface area (Å²) in [6, 6.07) is 10.3. The normalized spacial score (nSPS) is 10.2. The van der Waals surface area contributed by atoms with Crippen LogP contribution in [0.5, 0.6) is 0 Å². The van der Waals surface area contributed by atoms with Gasteiger partial charge in [0, 0.05) is 20.0 Å². The summed E-state index contributed by atoms with van der Waals surface area (Å²) in [6.45, 7) is 1.40. The largest absolute Gasteiger partial charge is 0.325 e. The number of benzene rings is 2. The highest BCUT2D eigenvalue weighted by molar-refractivity contribution is 14.1. The van der Waals surface area contributed by atoms with E-state index in [1.807, 2.05) is 12.1 Å². The van der Waals surface area contributed by atoms with Gasteiger partial charge in [0.15, 0.2) is 0 Å². The molecule has 0 radical (unpaired) electrons. The Kier molecular flexibility index (Phi) is 5.82. The van der Waals surface area contributed by atoms with Crippen molar-refractivity contribution in [3.05, 3.63) is 55.0 Å². The fraction of sp³-hybridized carbons (Fsp3) is 0.0667. The summed E-state index contributed by atoms with van der Waals surface area (Å²) in [5.41, 5.74) is 1.47. The van der Waals surface area contributed by atoms with Crippen molar-refractivity contribution in [2.45, 2.75) is 6.92 Å². The molecule has 4 nitrogen and oxygen atoms in total. The zero-order valence-electron chi connectivity index (χ0n) is 11.4. The number of nitrogens with one attached hydrogen (secondary N) is 2. The van der Waals surface area contributed by atoms with Gasteiger partial charge in [-0.25, -0.2) is 0 Å². The van der Waals surface area contributed by atoms with Gasteiger partial charge in [0.2, 0.25) is 5.91 Å². The van der Waals surface area contributed by atoms with Gasteiger partial charge in [-0.15, -0.1) is 0 Å². The topological polar surface area (TPSA) is 58.2 Å². The molecule has 22 heavy (non-hydrogen) atoms. The number of halogens is 3. The van der Waals surface area contributed by atoms with Gasteiger partial charge >= 0.3 is 0 Å². The van der Waals surface area contributed by atoms with Gasteiger partial charge < -0.3 is 10.6 Å². The molecule has 0 aliphatic heterocycles. The lowest BCUT2D eigenvalue weighted by Crippen LogP contribution is -2.16. The third kappa shape index (κ3) is 4.44. The van der Waals surface area contributed by atoms with Crippen molar-refractivity contribution in [2.24, 2.45) is 0 Å². The fourth-order valence-corrected chi connectivity index (χ4v) is 2.89. The summed E-state index contributed by atoms with van der Waals surface area (Å²) >= 11 is 11.4. The van der Waals surface area contributed by atoms with Gasteiger partial charge in [-0.1, -0.05) is 27.5 Å². The summed E-state index contributed by atoms with van der Waals surface area (Å²) in [6.07, 6.45) is 0. The van der Waals surface area contributed by atoms with E-state index in [0.717, 1.165) is 8.04 Å². The van der Waals surface area contributed by atoms with Crippen molar-refractivity contribution < 1.29 is 9.59 Å².